The minimum atomic E-state index is 0.685. The Kier molecular flexibility index (Phi) is 4.84. The Morgan fingerprint density at radius 3 is 2.59 bits per heavy atom. The average molecular weight is 300 g/mol. The smallest absolute Gasteiger partial charge is 0.124 e. The van der Waals surface area contributed by atoms with Crippen LogP contribution in [0.5, 0.6) is 5.75 Å². The van der Waals surface area contributed by atoms with E-state index in [-0.39, 0.29) is 0 Å². The molecule has 0 spiro atoms. The van der Waals surface area contributed by atoms with Crippen LogP contribution >= 0.6 is 0 Å². The summed E-state index contributed by atoms with van der Waals surface area (Å²) in [5, 5.41) is 0. The van der Waals surface area contributed by atoms with Crippen LogP contribution in [0.3, 0.4) is 0 Å². The highest BCUT2D eigenvalue weighted by molar-refractivity contribution is 6.03. The molecule has 1 fully saturated rings. The average Bonchev–Trinajstić information content (AvgIpc) is 2.56. The molecule has 3 heteroatoms. The molecule has 0 bridgehead atoms. The molecule has 0 radical (unpaired) electrons. The number of piperidine rings is 1. The fourth-order valence-electron chi connectivity index (χ4n) is 3.60. The third-order valence-corrected chi connectivity index (χ3v) is 5.05. The SMILES string of the molecule is CC1=C(C)c2c1ccc(OCCCN)c2CN1CCCCC1. The summed E-state index contributed by atoms with van der Waals surface area (Å²) in [4.78, 5) is 2.58. The zero-order chi connectivity index (χ0) is 15.5. The molecule has 3 nitrogen and oxygen atoms in total. The number of hydrogen-bond donors (Lipinski definition) is 1. The van der Waals surface area contributed by atoms with Gasteiger partial charge in [0, 0.05) is 12.1 Å². The van der Waals surface area contributed by atoms with Gasteiger partial charge in [0.1, 0.15) is 5.75 Å². The van der Waals surface area contributed by atoms with Gasteiger partial charge in [-0.25, -0.2) is 0 Å². The van der Waals surface area contributed by atoms with E-state index in [1.165, 1.54) is 60.2 Å². The van der Waals surface area contributed by atoms with E-state index >= 15 is 0 Å². The van der Waals surface area contributed by atoms with Crippen LogP contribution in [0.25, 0.3) is 11.1 Å². The molecule has 120 valence electrons. The maximum Gasteiger partial charge on any atom is 0.124 e. The third kappa shape index (κ3) is 2.92. The summed E-state index contributed by atoms with van der Waals surface area (Å²) < 4.78 is 6.04. The lowest BCUT2D eigenvalue weighted by Gasteiger charge is -2.32. The molecule has 0 amide bonds. The molecule has 1 saturated heterocycles. The predicted molar refractivity (Wildman–Crippen MR) is 92.9 cm³/mol. The monoisotopic (exact) mass is 300 g/mol. The van der Waals surface area contributed by atoms with E-state index in [1.807, 2.05) is 0 Å². The number of rotatable bonds is 6. The van der Waals surface area contributed by atoms with Crippen LogP contribution in [-0.4, -0.2) is 31.1 Å². The Labute approximate surface area is 134 Å². The summed E-state index contributed by atoms with van der Waals surface area (Å²) in [6.07, 6.45) is 4.94. The fourth-order valence-corrected chi connectivity index (χ4v) is 3.60. The number of likely N-dealkylation sites (tertiary alicyclic amines) is 1. The molecule has 2 N–H and O–H groups in total. The van der Waals surface area contributed by atoms with Gasteiger partial charge < -0.3 is 10.5 Å². The van der Waals surface area contributed by atoms with Crippen molar-refractivity contribution in [2.24, 2.45) is 5.73 Å². The van der Waals surface area contributed by atoms with Crippen molar-refractivity contribution in [1.29, 1.82) is 0 Å². The molecule has 1 aromatic carbocycles. The summed E-state index contributed by atoms with van der Waals surface area (Å²) in [7, 11) is 0. The van der Waals surface area contributed by atoms with Gasteiger partial charge in [0.15, 0.2) is 0 Å². The topological polar surface area (TPSA) is 38.5 Å². The Morgan fingerprint density at radius 2 is 1.86 bits per heavy atom. The van der Waals surface area contributed by atoms with E-state index in [2.05, 4.69) is 30.9 Å². The summed E-state index contributed by atoms with van der Waals surface area (Å²) in [6.45, 7) is 9.31. The molecule has 0 atom stereocenters. The quantitative estimate of drug-likeness (QED) is 0.815. The van der Waals surface area contributed by atoms with Crippen molar-refractivity contribution in [2.75, 3.05) is 26.2 Å². The summed E-state index contributed by atoms with van der Waals surface area (Å²) in [5.74, 6) is 1.06. The van der Waals surface area contributed by atoms with Crippen molar-refractivity contribution >= 4 is 11.1 Å². The van der Waals surface area contributed by atoms with Gasteiger partial charge in [0.2, 0.25) is 0 Å². The van der Waals surface area contributed by atoms with Gasteiger partial charge in [-0.15, -0.1) is 0 Å². The second-order valence-electron chi connectivity index (χ2n) is 6.54. The number of nitrogens with zero attached hydrogens (tertiary/aromatic N) is 1. The molecule has 1 heterocycles. The highest BCUT2D eigenvalue weighted by Crippen LogP contribution is 2.45. The van der Waals surface area contributed by atoms with Crippen molar-refractivity contribution in [2.45, 2.75) is 46.1 Å². The highest BCUT2D eigenvalue weighted by atomic mass is 16.5. The van der Waals surface area contributed by atoms with E-state index in [9.17, 15) is 0 Å². The van der Waals surface area contributed by atoms with Crippen LogP contribution in [0.1, 0.15) is 56.2 Å². The van der Waals surface area contributed by atoms with Gasteiger partial charge in [-0.3, -0.25) is 4.90 Å². The number of benzene rings is 1. The zero-order valence-corrected chi connectivity index (χ0v) is 14.0. The van der Waals surface area contributed by atoms with Crippen LogP contribution in [0.15, 0.2) is 12.1 Å². The van der Waals surface area contributed by atoms with Crippen molar-refractivity contribution in [3.63, 3.8) is 0 Å². The number of hydrogen-bond acceptors (Lipinski definition) is 3. The third-order valence-electron chi connectivity index (χ3n) is 5.05. The molecule has 1 aliphatic heterocycles. The Morgan fingerprint density at radius 1 is 1.09 bits per heavy atom. The second kappa shape index (κ2) is 6.84. The van der Waals surface area contributed by atoms with Gasteiger partial charge in [-0.05, 0) is 81.1 Å². The molecule has 22 heavy (non-hydrogen) atoms. The molecule has 0 unspecified atom stereocenters. The minimum Gasteiger partial charge on any atom is -0.493 e. The normalized spacial score (nSPS) is 18.1. The first-order valence-corrected chi connectivity index (χ1v) is 8.61. The molecular weight excluding hydrogens is 272 g/mol. The van der Waals surface area contributed by atoms with Gasteiger partial charge in [0.05, 0.1) is 6.61 Å². The van der Waals surface area contributed by atoms with Gasteiger partial charge in [-0.1, -0.05) is 12.5 Å². The standard InChI is InChI=1S/C19H28N2O/c1-14-15(2)19-16(14)7-8-18(22-12-6-9-20)17(19)13-21-10-4-3-5-11-21/h7-8H,3-6,9-13,20H2,1-2H3. The maximum absolute atomic E-state index is 6.04. The first-order valence-electron chi connectivity index (χ1n) is 8.61. The number of fused-ring (bicyclic) bond motifs is 1. The van der Waals surface area contributed by atoms with Crippen LogP contribution < -0.4 is 10.5 Å². The molecular formula is C19H28N2O. The summed E-state index contributed by atoms with van der Waals surface area (Å²) >= 11 is 0. The van der Waals surface area contributed by atoms with Crippen LogP contribution in [0, 0.1) is 0 Å². The van der Waals surface area contributed by atoms with Gasteiger partial charge in [-0.2, -0.15) is 0 Å². The first kappa shape index (κ1) is 15.6. The van der Waals surface area contributed by atoms with Gasteiger partial charge >= 0.3 is 0 Å². The number of allylic oxidation sites excluding steroid dienone is 2. The van der Waals surface area contributed by atoms with Crippen molar-refractivity contribution in [1.82, 2.24) is 4.90 Å². The van der Waals surface area contributed by atoms with E-state index < -0.39 is 0 Å². The lowest BCUT2D eigenvalue weighted by Crippen LogP contribution is -2.30. The van der Waals surface area contributed by atoms with Crippen molar-refractivity contribution in [3.8, 4) is 5.75 Å². The first-order chi connectivity index (χ1) is 10.7. The number of ether oxygens (including phenoxy) is 1. The lowest BCUT2D eigenvalue weighted by molar-refractivity contribution is 0.215. The van der Waals surface area contributed by atoms with Crippen LogP contribution in [-0.2, 0) is 6.54 Å². The van der Waals surface area contributed by atoms with E-state index in [4.69, 9.17) is 10.5 Å². The minimum absolute atomic E-state index is 0.685. The summed E-state index contributed by atoms with van der Waals surface area (Å²) in [6, 6.07) is 4.37. The molecule has 2 aliphatic rings. The predicted octanol–water partition coefficient (Wildman–Crippen LogP) is 3.66. The Balaban J connectivity index is 1.84. The van der Waals surface area contributed by atoms with Crippen LogP contribution in [0.4, 0.5) is 0 Å². The number of nitrogens with two attached hydrogens (primary N) is 1. The maximum atomic E-state index is 6.04. The zero-order valence-electron chi connectivity index (χ0n) is 14.0. The van der Waals surface area contributed by atoms with Crippen molar-refractivity contribution < 1.29 is 4.74 Å². The van der Waals surface area contributed by atoms with Gasteiger partial charge in [0.25, 0.3) is 0 Å². The van der Waals surface area contributed by atoms with E-state index in [0.29, 0.717) is 13.2 Å². The summed E-state index contributed by atoms with van der Waals surface area (Å²) in [5.41, 5.74) is 12.7. The Hall–Kier alpha value is -1.32. The lowest BCUT2D eigenvalue weighted by atomic mass is 9.79. The van der Waals surface area contributed by atoms with Crippen LogP contribution in [0.2, 0.25) is 0 Å². The van der Waals surface area contributed by atoms with E-state index in [0.717, 1.165) is 18.7 Å². The Bertz CT molecular complexity index is 571. The molecule has 0 aromatic heterocycles. The van der Waals surface area contributed by atoms with Crippen molar-refractivity contribution in [3.05, 3.63) is 28.8 Å². The molecule has 1 aliphatic carbocycles. The fraction of sp³-hybridized carbons (Fsp3) is 0.579. The molecule has 0 saturated carbocycles. The second-order valence-corrected chi connectivity index (χ2v) is 6.54. The highest BCUT2D eigenvalue weighted by Gasteiger charge is 2.26. The largest absolute Gasteiger partial charge is 0.493 e. The molecule has 3 rings (SSSR count). The van der Waals surface area contributed by atoms with E-state index in [1.54, 1.807) is 0 Å². The molecule has 1 aromatic rings.